The maximum atomic E-state index is 12.6. The van der Waals surface area contributed by atoms with Crippen molar-refractivity contribution in [1.82, 2.24) is 4.57 Å². The number of hydrogen-bond donors (Lipinski definition) is 0. The van der Waals surface area contributed by atoms with Crippen LogP contribution in [-0.4, -0.2) is 10.7 Å². The quantitative estimate of drug-likeness (QED) is 0.664. The van der Waals surface area contributed by atoms with Gasteiger partial charge in [-0.05, 0) is 43.2 Å². The van der Waals surface area contributed by atoms with Crippen LogP contribution in [0.15, 0.2) is 36.5 Å². The summed E-state index contributed by atoms with van der Waals surface area (Å²) in [7, 11) is 0. The normalized spacial score (nSPS) is 11.0. The summed E-state index contributed by atoms with van der Waals surface area (Å²) in [5, 5.41) is 0. The minimum Gasteiger partial charge on any atom is -0.342 e. The van der Waals surface area contributed by atoms with E-state index in [0.717, 1.165) is 17.7 Å². The molecule has 0 aliphatic rings. The molecule has 0 bridgehead atoms. The highest BCUT2D eigenvalue weighted by Gasteiger charge is 2.29. The molecule has 0 atom stereocenters. The number of thiophene rings is 1. The number of benzene rings is 1. The van der Waals surface area contributed by atoms with Crippen molar-refractivity contribution in [3.05, 3.63) is 58.1 Å². The van der Waals surface area contributed by atoms with Gasteiger partial charge in [0, 0.05) is 17.6 Å². The van der Waals surface area contributed by atoms with E-state index in [0.29, 0.717) is 6.54 Å². The number of halogens is 3. The van der Waals surface area contributed by atoms with Gasteiger partial charge in [0.15, 0.2) is 0 Å². The maximum absolute atomic E-state index is 12.6. The van der Waals surface area contributed by atoms with Crippen LogP contribution in [0.2, 0.25) is 0 Å². The average Bonchev–Trinajstić information content (AvgIpc) is 3.01. The van der Waals surface area contributed by atoms with Crippen LogP contribution in [0.25, 0.3) is 10.2 Å². The Labute approximate surface area is 140 Å². The fraction of sp³-hybridized carbons (Fsp3) is 0.235. The Kier molecular flexibility index (Phi) is 5.26. The summed E-state index contributed by atoms with van der Waals surface area (Å²) in [6.07, 6.45) is -2.04. The number of alkyl halides is 3. The van der Waals surface area contributed by atoms with Crippen molar-refractivity contribution in [1.29, 1.82) is 0 Å². The topological polar surface area (TPSA) is 39.1 Å². The Hall–Kier alpha value is -2.37. The molecule has 24 heavy (non-hydrogen) atoms. The van der Waals surface area contributed by atoms with Crippen molar-refractivity contribution in [3.63, 3.8) is 0 Å². The number of aromatic nitrogens is 1. The predicted octanol–water partition coefficient (Wildman–Crippen LogP) is 4.80. The predicted molar refractivity (Wildman–Crippen MR) is 84.8 cm³/mol. The molecule has 0 saturated heterocycles. The highest BCUT2D eigenvalue weighted by atomic mass is 32.1. The summed E-state index contributed by atoms with van der Waals surface area (Å²) >= 11 is 1.75. The van der Waals surface area contributed by atoms with Gasteiger partial charge in [-0.25, -0.2) is 0 Å². The molecule has 126 valence electrons. The third-order valence-corrected chi connectivity index (χ3v) is 4.87. The number of hydrogen-bond acceptors (Lipinski definition) is 3. The Balaban J connectivity index is 0.000000647. The van der Waals surface area contributed by atoms with E-state index in [2.05, 4.69) is 24.5 Å². The molecule has 2 aromatic heterocycles. The molecule has 3 nitrogen and oxygen atoms in total. The minimum atomic E-state index is -4.28. The van der Waals surface area contributed by atoms with Crippen LogP contribution in [0, 0.1) is 13.8 Å². The molecule has 0 radical (unpaired) electrons. The van der Waals surface area contributed by atoms with E-state index in [1.165, 1.54) is 20.7 Å². The van der Waals surface area contributed by atoms with Gasteiger partial charge in [0.05, 0.1) is 15.8 Å². The smallest absolute Gasteiger partial charge is 0.342 e. The van der Waals surface area contributed by atoms with Crippen LogP contribution in [0.4, 0.5) is 13.2 Å². The molecule has 1 aromatic carbocycles. The molecule has 0 spiro atoms. The monoisotopic (exact) mass is 353 g/mol. The van der Waals surface area contributed by atoms with Gasteiger partial charge in [0.2, 0.25) is 0 Å². The summed E-state index contributed by atoms with van der Waals surface area (Å²) in [5.74, 6) is 0. The molecule has 0 saturated carbocycles. The molecule has 2 heterocycles. The molecule has 7 heteroatoms. The molecule has 3 rings (SSSR count). The second-order valence-corrected chi connectivity index (χ2v) is 6.47. The van der Waals surface area contributed by atoms with Gasteiger partial charge in [-0.1, -0.05) is 12.1 Å². The van der Waals surface area contributed by atoms with Crippen molar-refractivity contribution < 1.29 is 22.8 Å². The molecular formula is C17H14F3NO2S. The van der Waals surface area contributed by atoms with E-state index >= 15 is 0 Å². The molecule has 0 aliphatic heterocycles. The minimum absolute atomic E-state index is 0.250. The Morgan fingerprint density at radius 1 is 1.08 bits per heavy atom. The Bertz CT molecular complexity index is 870. The largest absolute Gasteiger partial charge is 0.416 e. The van der Waals surface area contributed by atoms with Gasteiger partial charge in [-0.2, -0.15) is 22.8 Å². The number of aryl methyl sites for hydroxylation is 2. The van der Waals surface area contributed by atoms with Crippen LogP contribution in [0.5, 0.6) is 0 Å². The highest BCUT2D eigenvalue weighted by Crippen LogP contribution is 2.32. The molecule has 0 N–H and O–H groups in total. The van der Waals surface area contributed by atoms with Gasteiger partial charge < -0.3 is 4.57 Å². The van der Waals surface area contributed by atoms with Crippen LogP contribution in [-0.2, 0) is 22.3 Å². The van der Waals surface area contributed by atoms with Gasteiger partial charge in [0.1, 0.15) is 0 Å². The summed E-state index contributed by atoms with van der Waals surface area (Å²) < 4.78 is 41.0. The van der Waals surface area contributed by atoms with Gasteiger partial charge in [-0.3, -0.25) is 0 Å². The fourth-order valence-corrected chi connectivity index (χ4v) is 3.55. The number of rotatable bonds is 2. The summed E-state index contributed by atoms with van der Waals surface area (Å²) in [6, 6.07) is 7.43. The van der Waals surface area contributed by atoms with Gasteiger partial charge in [-0.15, -0.1) is 11.3 Å². The van der Waals surface area contributed by atoms with Crippen LogP contribution in [0.3, 0.4) is 0 Å². The third-order valence-electron chi connectivity index (χ3n) is 3.71. The van der Waals surface area contributed by atoms with E-state index < -0.39 is 11.7 Å². The molecule has 0 unspecified atom stereocenters. The van der Waals surface area contributed by atoms with Crippen molar-refractivity contribution in [2.75, 3.05) is 0 Å². The summed E-state index contributed by atoms with van der Waals surface area (Å²) in [5.41, 5.74) is 2.68. The maximum Gasteiger partial charge on any atom is 0.416 e. The Morgan fingerprint density at radius 2 is 1.67 bits per heavy atom. The second-order valence-electron chi connectivity index (χ2n) is 5.22. The highest BCUT2D eigenvalue weighted by molar-refractivity contribution is 7.19. The van der Waals surface area contributed by atoms with Crippen LogP contribution in [0.1, 0.15) is 21.6 Å². The van der Waals surface area contributed by atoms with E-state index in [-0.39, 0.29) is 6.15 Å². The van der Waals surface area contributed by atoms with E-state index in [1.807, 2.05) is 6.20 Å². The molecule has 3 aromatic rings. The van der Waals surface area contributed by atoms with Gasteiger partial charge in [0.25, 0.3) is 0 Å². The summed E-state index contributed by atoms with van der Waals surface area (Å²) in [4.78, 5) is 17.5. The van der Waals surface area contributed by atoms with Crippen LogP contribution >= 0.6 is 11.3 Å². The standard InChI is InChI=1S/C16H14F3NS.CO2/c1-10-11(2)21-14-7-8-20(15(10)14)9-12-3-5-13(6-4-12)16(17,18)19;2-1-3/h3-8H,9H2,1-2H3;. The molecule has 0 aliphatic carbocycles. The lowest BCUT2D eigenvalue weighted by Gasteiger charge is -2.09. The first kappa shape index (κ1) is 18.0. The van der Waals surface area contributed by atoms with E-state index in [9.17, 15) is 13.2 Å². The summed E-state index contributed by atoms with van der Waals surface area (Å²) in [6.45, 7) is 4.75. The third kappa shape index (κ3) is 3.75. The zero-order chi connectivity index (χ0) is 17.9. The van der Waals surface area contributed by atoms with Gasteiger partial charge >= 0.3 is 12.3 Å². The van der Waals surface area contributed by atoms with E-state index in [4.69, 9.17) is 9.59 Å². The lowest BCUT2D eigenvalue weighted by molar-refractivity contribution is -0.191. The fourth-order valence-electron chi connectivity index (χ4n) is 2.47. The molecular weight excluding hydrogens is 339 g/mol. The lowest BCUT2D eigenvalue weighted by Crippen LogP contribution is -2.05. The molecule has 0 fully saturated rings. The average molecular weight is 353 g/mol. The van der Waals surface area contributed by atoms with Crippen molar-refractivity contribution >= 4 is 27.7 Å². The first-order chi connectivity index (χ1) is 11.3. The first-order valence-electron chi connectivity index (χ1n) is 6.98. The Morgan fingerprint density at radius 3 is 2.21 bits per heavy atom. The zero-order valence-corrected chi connectivity index (χ0v) is 13.8. The molecule has 0 amide bonds. The number of fused-ring (bicyclic) bond motifs is 1. The van der Waals surface area contributed by atoms with Crippen molar-refractivity contribution in [3.8, 4) is 0 Å². The first-order valence-corrected chi connectivity index (χ1v) is 7.79. The SMILES string of the molecule is Cc1sc2ccn(Cc3ccc(C(F)(F)F)cc3)c2c1C.O=C=O. The van der Waals surface area contributed by atoms with Crippen molar-refractivity contribution in [2.24, 2.45) is 0 Å². The number of carbonyl (C=O) groups excluding carboxylic acids is 2. The number of nitrogens with zero attached hydrogens (tertiary/aromatic N) is 1. The van der Waals surface area contributed by atoms with E-state index in [1.54, 1.807) is 23.5 Å². The zero-order valence-electron chi connectivity index (χ0n) is 13.0. The lowest BCUT2D eigenvalue weighted by atomic mass is 10.1. The van der Waals surface area contributed by atoms with Crippen LogP contribution < -0.4 is 0 Å². The second kappa shape index (κ2) is 7.03. The van der Waals surface area contributed by atoms with Crippen molar-refractivity contribution in [2.45, 2.75) is 26.6 Å².